The highest BCUT2D eigenvalue weighted by Crippen LogP contribution is 2.19. The van der Waals surface area contributed by atoms with Crippen LogP contribution >= 0.6 is 0 Å². The molecule has 0 aliphatic carbocycles. The predicted octanol–water partition coefficient (Wildman–Crippen LogP) is 14.5. The van der Waals surface area contributed by atoms with Gasteiger partial charge in [0.25, 0.3) is 0 Å². The van der Waals surface area contributed by atoms with Crippen LogP contribution in [0.1, 0.15) is 259 Å². The van der Waals surface area contributed by atoms with Crippen LogP contribution in [0.5, 0.6) is 0 Å². The molecule has 0 rings (SSSR count). The van der Waals surface area contributed by atoms with Gasteiger partial charge in [0.05, 0.1) is 12.5 Å². The second-order valence-electron chi connectivity index (χ2n) is 16.1. The zero-order valence-corrected chi connectivity index (χ0v) is 35.2. The molecule has 51 heavy (non-hydrogen) atoms. The summed E-state index contributed by atoms with van der Waals surface area (Å²) in [5.74, 6) is -0.288. The van der Waals surface area contributed by atoms with Crippen LogP contribution in [0.15, 0.2) is 0 Å². The summed E-state index contributed by atoms with van der Waals surface area (Å²) in [6.07, 6.45) is 45.6. The molecular weight excluding hydrogens is 631 g/mol. The zero-order chi connectivity index (χ0) is 37.3. The van der Waals surface area contributed by atoms with Crippen molar-refractivity contribution in [1.82, 2.24) is 5.32 Å². The number of amides is 1. The van der Waals surface area contributed by atoms with Crippen LogP contribution < -0.4 is 5.32 Å². The van der Waals surface area contributed by atoms with E-state index in [1.807, 2.05) is 13.8 Å². The van der Waals surface area contributed by atoms with Crippen molar-refractivity contribution in [3.05, 3.63) is 0 Å². The number of esters is 1. The van der Waals surface area contributed by atoms with Crippen molar-refractivity contribution in [2.24, 2.45) is 0 Å². The van der Waals surface area contributed by atoms with E-state index in [0.29, 0.717) is 13.2 Å². The largest absolute Gasteiger partial charge is 0.462 e. The second-order valence-corrected chi connectivity index (χ2v) is 16.1. The van der Waals surface area contributed by atoms with E-state index in [1.165, 1.54) is 186 Å². The topological polar surface area (TPSA) is 64.6 Å². The lowest BCUT2D eigenvalue weighted by Gasteiger charge is -2.18. The lowest BCUT2D eigenvalue weighted by molar-refractivity contribution is -0.151. The van der Waals surface area contributed by atoms with Crippen molar-refractivity contribution in [3.63, 3.8) is 0 Å². The highest BCUT2D eigenvalue weighted by Gasteiger charge is 2.16. The fourth-order valence-electron chi connectivity index (χ4n) is 7.09. The van der Waals surface area contributed by atoms with E-state index in [1.54, 1.807) is 0 Å². The molecule has 0 aromatic rings. The van der Waals surface area contributed by atoms with Gasteiger partial charge in [-0.1, -0.05) is 200 Å². The Bertz CT molecular complexity index is 711. The van der Waals surface area contributed by atoms with Crippen LogP contribution in [-0.2, 0) is 19.1 Å². The number of hydrogen-bond acceptors (Lipinski definition) is 4. The average molecular weight is 722 g/mol. The lowest BCUT2D eigenvalue weighted by Crippen LogP contribution is -2.27. The first kappa shape index (κ1) is 49.9. The number of carbonyl (C=O) groups is 2. The monoisotopic (exact) mass is 722 g/mol. The molecule has 0 aliphatic heterocycles. The van der Waals surface area contributed by atoms with Crippen LogP contribution in [0.25, 0.3) is 0 Å². The standard InChI is InChI=1S/C46H91NO4/c1-5-7-9-11-13-15-17-19-21-23-25-27-29-31-33-35-38-44(51-46(49)40-39-45(48)47-41-36-42-50-43(3)4)37-34-32-30-28-26-24-22-20-18-16-14-12-10-8-6-2/h43-44H,5-42H2,1-4H3,(H,47,48). The summed E-state index contributed by atoms with van der Waals surface area (Å²) in [6.45, 7) is 9.83. The minimum absolute atomic E-state index is 0.00219. The number of nitrogens with one attached hydrogen (secondary N) is 1. The number of hydrogen-bond donors (Lipinski definition) is 1. The molecule has 0 saturated heterocycles. The number of ether oxygens (including phenoxy) is 2. The van der Waals surface area contributed by atoms with Gasteiger partial charge < -0.3 is 14.8 Å². The van der Waals surface area contributed by atoms with Crippen LogP contribution in [0.2, 0.25) is 0 Å². The molecule has 0 bridgehead atoms. The maximum Gasteiger partial charge on any atom is 0.306 e. The van der Waals surface area contributed by atoms with Gasteiger partial charge in [0.2, 0.25) is 5.91 Å². The van der Waals surface area contributed by atoms with Crippen molar-refractivity contribution in [2.75, 3.05) is 13.2 Å². The number of carbonyl (C=O) groups excluding carboxylic acids is 2. The third kappa shape index (κ3) is 41.5. The van der Waals surface area contributed by atoms with Crippen LogP contribution in [0, 0.1) is 0 Å². The van der Waals surface area contributed by atoms with Crippen molar-refractivity contribution >= 4 is 11.9 Å². The van der Waals surface area contributed by atoms with Gasteiger partial charge in [0.1, 0.15) is 6.10 Å². The first-order chi connectivity index (χ1) is 25.0. The fourth-order valence-corrected chi connectivity index (χ4v) is 7.09. The van der Waals surface area contributed by atoms with Gasteiger partial charge in [0.15, 0.2) is 0 Å². The Balaban J connectivity index is 4.14. The highest BCUT2D eigenvalue weighted by molar-refractivity contribution is 5.81. The van der Waals surface area contributed by atoms with Gasteiger partial charge in [-0.2, -0.15) is 0 Å². The maximum absolute atomic E-state index is 12.7. The molecule has 5 nitrogen and oxygen atoms in total. The predicted molar refractivity (Wildman–Crippen MR) is 222 cm³/mol. The summed E-state index contributed by atoms with van der Waals surface area (Å²) in [5, 5.41) is 2.91. The van der Waals surface area contributed by atoms with Crippen LogP contribution in [0.4, 0.5) is 0 Å². The normalized spacial score (nSPS) is 12.1. The average Bonchev–Trinajstić information content (AvgIpc) is 3.11. The molecule has 0 radical (unpaired) electrons. The summed E-state index contributed by atoms with van der Waals surface area (Å²) in [7, 11) is 0. The zero-order valence-electron chi connectivity index (χ0n) is 35.2. The molecule has 0 saturated carbocycles. The molecule has 1 amide bonds. The molecule has 0 spiro atoms. The van der Waals surface area contributed by atoms with Crippen LogP contribution in [-0.4, -0.2) is 37.2 Å². The van der Waals surface area contributed by atoms with Crippen molar-refractivity contribution in [2.45, 2.75) is 271 Å². The highest BCUT2D eigenvalue weighted by atomic mass is 16.5. The van der Waals surface area contributed by atoms with Gasteiger partial charge in [-0.15, -0.1) is 0 Å². The molecule has 0 aliphatic rings. The molecule has 0 aromatic carbocycles. The van der Waals surface area contributed by atoms with Crippen LogP contribution in [0.3, 0.4) is 0 Å². The third-order valence-corrected chi connectivity index (χ3v) is 10.5. The third-order valence-electron chi connectivity index (χ3n) is 10.5. The first-order valence-electron chi connectivity index (χ1n) is 23.1. The quantitative estimate of drug-likeness (QED) is 0.0503. The molecule has 0 aromatic heterocycles. The first-order valence-corrected chi connectivity index (χ1v) is 23.1. The van der Waals surface area contributed by atoms with E-state index >= 15 is 0 Å². The minimum atomic E-state index is -0.212. The Hall–Kier alpha value is -1.10. The van der Waals surface area contributed by atoms with E-state index in [0.717, 1.165) is 32.1 Å². The van der Waals surface area contributed by atoms with Gasteiger partial charge >= 0.3 is 5.97 Å². The van der Waals surface area contributed by atoms with Gasteiger partial charge in [-0.3, -0.25) is 9.59 Å². The molecule has 1 N–H and O–H groups in total. The van der Waals surface area contributed by atoms with E-state index in [-0.39, 0.29) is 36.9 Å². The SMILES string of the molecule is CCCCCCCCCCCCCCCCCCC(CCCCCCCCCCCCCCCCC)OC(=O)CCC(=O)NCCCOC(C)C. The smallest absolute Gasteiger partial charge is 0.306 e. The summed E-state index contributed by atoms with van der Waals surface area (Å²) in [6, 6.07) is 0. The minimum Gasteiger partial charge on any atom is -0.462 e. The van der Waals surface area contributed by atoms with Crippen molar-refractivity contribution < 1.29 is 19.1 Å². The summed E-state index contributed by atoms with van der Waals surface area (Å²) in [5.41, 5.74) is 0. The second kappa shape index (κ2) is 41.7. The molecule has 0 heterocycles. The molecule has 304 valence electrons. The Labute approximate surface area is 319 Å². The van der Waals surface area contributed by atoms with E-state index < -0.39 is 0 Å². The molecular formula is C46H91NO4. The molecule has 1 atom stereocenters. The molecule has 1 unspecified atom stereocenters. The number of unbranched alkanes of at least 4 members (excludes halogenated alkanes) is 29. The van der Waals surface area contributed by atoms with Crippen molar-refractivity contribution in [1.29, 1.82) is 0 Å². The Morgan fingerprint density at radius 2 is 0.784 bits per heavy atom. The summed E-state index contributed by atoms with van der Waals surface area (Å²) < 4.78 is 11.5. The number of rotatable bonds is 42. The Kier molecular flexibility index (Phi) is 40.8. The van der Waals surface area contributed by atoms with Gasteiger partial charge in [-0.05, 0) is 46.0 Å². The van der Waals surface area contributed by atoms with E-state index in [9.17, 15) is 9.59 Å². The lowest BCUT2D eigenvalue weighted by atomic mass is 10.0. The summed E-state index contributed by atoms with van der Waals surface area (Å²) in [4.78, 5) is 25.0. The van der Waals surface area contributed by atoms with Gasteiger partial charge in [-0.25, -0.2) is 0 Å². The summed E-state index contributed by atoms with van der Waals surface area (Å²) >= 11 is 0. The Morgan fingerprint density at radius 1 is 0.451 bits per heavy atom. The van der Waals surface area contributed by atoms with Crippen molar-refractivity contribution in [3.8, 4) is 0 Å². The fraction of sp³-hybridized carbons (Fsp3) is 0.957. The van der Waals surface area contributed by atoms with E-state index in [2.05, 4.69) is 19.2 Å². The molecule has 5 heteroatoms. The maximum atomic E-state index is 12.7. The van der Waals surface area contributed by atoms with Gasteiger partial charge in [0, 0.05) is 19.6 Å². The van der Waals surface area contributed by atoms with E-state index in [4.69, 9.17) is 9.47 Å². The Morgan fingerprint density at radius 3 is 1.12 bits per heavy atom. The molecule has 0 fully saturated rings.